The highest BCUT2D eigenvalue weighted by atomic mass is 16.5. The fraction of sp³-hybridized carbons (Fsp3) is 0.647. The lowest BCUT2D eigenvalue weighted by Gasteiger charge is -2.26. The van der Waals surface area contributed by atoms with E-state index >= 15 is 0 Å². The van der Waals surface area contributed by atoms with Gasteiger partial charge in [-0.05, 0) is 42.9 Å². The first-order valence-corrected chi connectivity index (χ1v) is 7.81. The van der Waals surface area contributed by atoms with Gasteiger partial charge in [0, 0.05) is 31.4 Å². The number of nitrogens with one attached hydrogen (secondary N) is 1. The Morgan fingerprint density at radius 2 is 1.85 bits per heavy atom. The lowest BCUT2D eigenvalue weighted by Crippen LogP contribution is -2.35. The largest absolute Gasteiger partial charge is 0.382 e. The van der Waals surface area contributed by atoms with E-state index in [1.807, 2.05) is 0 Å². The highest BCUT2D eigenvalue weighted by Gasteiger charge is 2.42. The van der Waals surface area contributed by atoms with Gasteiger partial charge in [0.2, 0.25) is 0 Å². The zero-order valence-electron chi connectivity index (χ0n) is 12.7. The molecule has 2 aliphatic rings. The molecule has 1 saturated carbocycles. The molecular formula is C17H26N2O. The molecule has 0 spiro atoms. The molecule has 1 aliphatic carbocycles. The second-order valence-corrected chi connectivity index (χ2v) is 6.61. The SMILES string of the molecule is CC(Nc1ccc(CN2CCOCC2)cc1)C1(C)CC1. The molecule has 1 heterocycles. The lowest BCUT2D eigenvalue weighted by atomic mass is 10.0. The van der Waals surface area contributed by atoms with Crippen molar-refractivity contribution in [2.75, 3.05) is 31.6 Å². The molecular weight excluding hydrogens is 248 g/mol. The van der Waals surface area contributed by atoms with Gasteiger partial charge in [0.1, 0.15) is 0 Å². The predicted molar refractivity (Wildman–Crippen MR) is 83.0 cm³/mol. The molecule has 110 valence electrons. The fourth-order valence-electron chi connectivity index (χ4n) is 2.78. The molecule has 0 aromatic heterocycles. The molecule has 1 saturated heterocycles. The summed E-state index contributed by atoms with van der Waals surface area (Å²) in [6.07, 6.45) is 2.71. The van der Waals surface area contributed by atoms with Crippen LogP contribution in [0, 0.1) is 5.41 Å². The van der Waals surface area contributed by atoms with Gasteiger partial charge >= 0.3 is 0 Å². The Morgan fingerprint density at radius 3 is 2.45 bits per heavy atom. The summed E-state index contributed by atoms with van der Waals surface area (Å²) in [6, 6.07) is 9.50. The number of rotatable bonds is 5. The maximum absolute atomic E-state index is 5.39. The third-order valence-electron chi connectivity index (χ3n) is 4.93. The molecule has 0 radical (unpaired) electrons. The number of benzene rings is 1. The minimum absolute atomic E-state index is 0.520. The number of hydrogen-bond donors (Lipinski definition) is 1. The van der Waals surface area contributed by atoms with Gasteiger partial charge in [-0.25, -0.2) is 0 Å². The molecule has 0 bridgehead atoms. The van der Waals surface area contributed by atoms with Gasteiger partial charge in [-0.2, -0.15) is 0 Å². The second kappa shape index (κ2) is 5.74. The summed E-state index contributed by atoms with van der Waals surface area (Å²) >= 11 is 0. The fourth-order valence-corrected chi connectivity index (χ4v) is 2.78. The van der Waals surface area contributed by atoms with Crippen LogP contribution in [-0.2, 0) is 11.3 Å². The van der Waals surface area contributed by atoms with E-state index in [-0.39, 0.29) is 0 Å². The topological polar surface area (TPSA) is 24.5 Å². The molecule has 1 aliphatic heterocycles. The molecule has 1 atom stereocenters. The molecule has 1 unspecified atom stereocenters. The van der Waals surface area contributed by atoms with Crippen LogP contribution in [0.4, 0.5) is 5.69 Å². The van der Waals surface area contributed by atoms with E-state index < -0.39 is 0 Å². The first kappa shape index (κ1) is 13.9. The predicted octanol–water partition coefficient (Wildman–Crippen LogP) is 3.12. The van der Waals surface area contributed by atoms with Gasteiger partial charge in [0.05, 0.1) is 13.2 Å². The number of anilines is 1. The monoisotopic (exact) mass is 274 g/mol. The van der Waals surface area contributed by atoms with E-state index in [1.165, 1.54) is 24.1 Å². The minimum atomic E-state index is 0.520. The molecule has 2 fully saturated rings. The van der Waals surface area contributed by atoms with Crippen molar-refractivity contribution < 1.29 is 4.74 Å². The van der Waals surface area contributed by atoms with Crippen LogP contribution in [0.1, 0.15) is 32.3 Å². The highest BCUT2D eigenvalue weighted by molar-refractivity contribution is 5.46. The van der Waals surface area contributed by atoms with Gasteiger partial charge in [-0.3, -0.25) is 4.90 Å². The van der Waals surface area contributed by atoms with Crippen LogP contribution in [0.5, 0.6) is 0 Å². The van der Waals surface area contributed by atoms with Gasteiger partial charge in [0.25, 0.3) is 0 Å². The van der Waals surface area contributed by atoms with Crippen molar-refractivity contribution in [3.63, 3.8) is 0 Å². The van der Waals surface area contributed by atoms with E-state index in [2.05, 4.69) is 48.3 Å². The highest BCUT2D eigenvalue weighted by Crippen LogP contribution is 2.48. The Hall–Kier alpha value is -1.06. The number of hydrogen-bond acceptors (Lipinski definition) is 3. The van der Waals surface area contributed by atoms with Gasteiger partial charge in [0.15, 0.2) is 0 Å². The zero-order valence-corrected chi connectivity index (χ0v) is 12.7. The molecule has 1 aromatic carbocycles. The van der Waals surface area contributed by atoms with Crippen LogP contribution in [-0.4, -0.2) is 37.2 Å². The Bertz CT molecular complexity index is 433. The van der Waals surface area contributed by atoms with Crippen molar-refractivity contribution in [1.82, 2.24) is 4.90 Å². The molecule has 3 heteroatoms. The van der Waals surface area contributed by atoms with E-state index in [9.17, 15) is 0 Å². The van der Waals surface area contributed by atoms with Crippen LogP contribution in [0.25, 0.3) is 0 Å². The van der Waals surface area contributed by atoms with E-state index in [1.54, 1.807) is 0 Å². The zero-order chi connectivity index (χ0) is 14.0. The third-order valence-corrected chi connectivity index (χ3v) is 4.93. The smallest absolute Gasteiger partial charge is 0.0594 e. The van der Waals surface area contributed by atoms with E-state index in [4.69, 9.17) is 4.74 Å². The maximum atomic E-state index is 5.39. The number of morpholine rings is 1. The van der Waals surface area contributed by atoms with Gasteiger partial charge in [-0.15, -0.1) is 0 Å². The molecule has 1 N–H and O–H groups in total. The average Bonchev–Trinajstić information content (AvgIpc) is 3.22. The standard InChI is InChI=1S/C17H26N2O/c1-14(17(2)7-8-17)18-16-5-3-15(4-6-16)13-19-9-11-20-12-10-19/h3-6,14,18H,7-13H2,1-2H3. The Kier molecular flexibility index (Phi) is 3.99. The van der Waals surface area contributed by atoms with Crippen molar-refractivity contribution in [2.24, 2.45) is 5.41 Å². The summed E-state index contributed by atoms with van der Waals surface area (Å²) < 4.78 is 5.39. The van der Waals surface area contributed by atoms with Crippen LogP contribution in [0.3, 0.4) is 0 Å². The molecule has 1 aromatic rings. The Balaban J connectivity index is 1.54. The number of nitrogens with zero attached hydrogens (tertiary/aromatic N) is 1. The minimum Gasteiger partial charge on any atom is -0.382 e. The van der Waals surface area contributed by atoms with Gasteiger partial charge in [-0.1, -0.05) is 19.1 Å². The summed E-state index contributed by atoms with van der Waals surface area (Å²) in [5, 5.41) is 3.64. The molecule has 3 rings (SSSR count). The molecule has 20 heavy (non-hydrogen) atoms. The van der Waals surface area contributed by atoms with Crippen molar-refractivity contribution in [2.45, 2.75) is 39.3 Å². The normalized spacial score (nSPS) is 23.3. The van der Waals surface area contributed by atoms with E-state index in [0.29, 0.717) is 11.5 Å². The van der Waals surface area contributed by atoms with Crippen LogP contribution in [0.15, 0.2) is 24.3 Å². The van der Waals surface area contributed by atoms with Gasteiger partial charge < -0.3 is 10.1 Å². The maximum Gasteiger partial charge on any atom is 0.0594 e. The first-order valence-electron chi connectivity index (χ1n) is 7.81. The van der Waals surface area contributed by atoms with Crippen LogP contribution >= 0.6 is 0 Å². The molecule has 3 nitrogen and oxygen atoms in total. The van der Waals surface area contributed by atoms with Crippen molar-refractivity contribution >= 4 is 5.69 Å². The third kappa shape index (κ3) is 3.33. The summed E-state index contributed by atoms with van der Waals surface area (Å²) in [4.78, 5) is 2.46. The average molecular weight is 274 g/mol. The van der Waals surface area contributed by atoms with Crippen LogP contribution < -0.4 is 5.32 Å². The lowest BCUT2D eigenvalue weighted by molar-refractivity contribution is 0.0342. The summed E-state index contributed by atoms with van der Waals surface area (Å²) in [6.45, 7) is 9.55. The molecule has 0 amide bonds. The quantitative estimate of drug-likeness (QED) is 0.893. The first-order chi connectivity index (χ1) is 9.66. The Morgan fingerprint density at radius 1 is 1.20 bits per heavy atom. The summed E-state index contributed by atoms with van der Waals surface area (Å²) in [5.41, 5.74) is 3.16. The summed E-state index contributed by atoms with van der Waals surface area (Å²) in [7, 11) is 0. The van der Waals surface area contributed by atoms with Crippen molar-refractivity contribution in [1.29, 1.82) is 0 Å². The number of ether oxygens (including phenoxy) is 1. The van der Waals surface area contributed by atoms with Crippen molar-refractivity contribution in [3.8, 4) is 0 Å². The van der Waals surface area contributed by atoms with Crippen molar-refractivity contribution in [3.05, 3.63) is 29.8 Å². The van der Waals surface area contributed by atoms with Crippen LogP contribution in [0.2, 0.25) is 0 Å². The Labute approximate surface area is 122 Å². The summed E-state index contributed by atoms with van der Waals surface area (Å²) in [5.74, 6) is 0. The second-order valence-electron chi connectivity index (χ2n) is 6.61. The van der Waals surface area contributed by atoms with E-state index in [0.717, 1.165) is 32.8 Å².